The second kappa shape index (κ2) is 51.3. The number of hydrogen-bond donors (Lipinski definition) is 1. The summed E-state index contributed by atoms with van der Waals surface area (Å²) in [7, 11) is 0. The Kier molecular flexibility index (Phi) is 47.5. The zero-order valence-electron chi connectivity index (χ0n) is 48.4. The van der Waals surface area contributed by atoms with Crippen LogP contribution in [-0.2, 0) is 52.3 Å². The largest absolute Gasteiger partial charge is 0.465 e. The van der Waals surface area contributed by atoms with Crippen molar-refractivity contribution < 1.29 is 57.1 Å². The van der Waals surface area contributed by atoms with Crippen molar-refractivity contribution in [3.63, 3.8) is 0 Å². The van der Waals surface area contributed by atoms with Crippen molar-refractivity contribution >= 4 is 30.0 Å². The van der Waals surface area contributed by atoms with E-state index in [0.29, 0.717) is 52.0 Å². The van der Waals surface area contributed by atoms with Gasteiger partial charge in [-0.25, -0.2) is 4.79 Å². The van der Waals surface area contributed by atoms with E-state index in [9.17, 15) is 24.0 Å². The monoisotopic (exact) mass is 1060 g/mol. The predicted molar refractivity (Wildman–Crippen MR) is 300 cm³/mol. The Hall–Kier alpha value is -3.49. The van der Waals surface area contributed by atoms with Crippen molar-refractivity contribution in [2.75, 3.05) is 65.8 Å². The van der Waals surface area contributed by atoms with Gasteiger partial charge in [0.25, 0.3) is 0 Å². The van der Waals surface area contributed by atoms with E-state index in [1.165, 1.54) is 25.7 Å². The van der Waals surface area contributed by atoms with Gasteiger partial charge < -0.3 is 43.4 Å². The maximum absolute atomic E-state index is 13.2. The maximum atomic E-state index is 13.2. The third-order valence-electron chi connectivity index (χ3n) is 13.6. The van der Waals surface area contributed by atoms with Crippen LogP contribution in [0.2, 0.25) is 0 Å². The summed E-state index contributed by atoms with van der Waals surface area (Å²) in [4.78, 5) is 67.3. The van der Waals surface area contributed by atoms with Crippen LogP contribution in [0.15, 0.2) is 24.3 Å². The minimum atomic E-state index is -0.586. The molecule has 14 nitrogen and oxygen atoms in total. The molecule has 0 aromatic rings. The Bertz CT molecular complexity index is 1430. The molecule has 0 saturated carbocycles. The lowest BCUT2D eigenvalue weighted by molar-refractivity contribution is -0.162. The van der Waals surface area contributed by atoms with Gasteiger partial charge in [-0.15, -0.1) is 0 Å². The fraction of sp³-hybridized carbons (Fsp3) is 0.852. The van der Waals surface area contributed by atoms with Crippen LogP contribution in [0.3, 0.4) is 0 Å². The van der Waals surface area contributed by atoms with E-state index in [1.54, 1.807) is 0 Å². The number of nitrogens with zero attached hydrogens (tertiary/aromatic N) is 1. The molecular weight excluding hydrogens is 953 g/mol. The Morgan fingerprint density at radius 2 is 1.00 bits per heavy atom. The van der Waals surface area contributed by atoms with E-state index in [4.69, 9.17) is 33.2 Å². The van der Waals surface area contributed by atoms with Gasteiger partial charge >= 0.3 is 30.0 Å². The maximum Gasteiger partial charge on any atom is 0.407 e. The molecule has 0 radical (unpaired) electrons. The van der Waals surface area contributed by atoms with E-state index >= 15 is 0 Å². The van der Waals surface area contributed by atoms with Crippen LogP contribution < -0.4 is 5.32 Å². The molecule has 1 N–H and O–H groups in total. The number of carbonyl (C=O) groups is 5. The second-order valence-electron chi connectivity index (χ2n) is 20.6. The number of carbonyl (C=O) groups excluding carboxylic acids is 5. The van der Waals surface area contributed by atoms with Gasteiger partial charge in [-0.05, 0) is 122 Å². The van der Waals surface area contributed by atoms with Crippen molar-refractivity contribution in [1.29, 1.82) is 0 Å². The summed E-state index contributed by atoms with van der Waals surface area (Å²) in [5.41, 5.74) is 0. The number of rotatable bonds is 52. The Morgan fingerprint density at radius 1 is 0.493 bits per heavy atom. The molecule has 1 heterocycles. The molecule has 1 saturated heterocycles. The highest BCUT2D eigenvalue weighted by Gasteiger charge is 2.23. The van der Waals surface area contributed by atoms with Gasteiger partial charge in [0.15, 0.2) is 6.29 Å². The summed E-state index contributed by atoms with van der Waals surface area (Å²) in [6, 6.07) is 0. The quantitative estimate of drug-likeness (QED) is 0.0201. The van der Waals surface area contributed by atoms with Gasteiger partial charge in [0, 0.05) is 45.6 Å². The van der Waals surface area contributed by atoms with E-state index in [-0.39, 0.29) is 56.9 Å². The molecule has 1 amide bonds. The van der Waals surface area contributed by atoms with Crippen LogP contribution in [0.25, 0.3) is 0 Å². The number of alkyl carbamates (subject to hydrolysis) is 1. The third-order valence-corrected chi connectivity index (χ3v) is 13.6. The van der Waals surface area contributed by atoms with Crippen molar-refractivity contribution in [3.8, 4) is 0 Å². The Morgan fingerprint density at radius 3 is 1.59 bits per heavy atom. The molecule has 75 heavy (non-hydrogen) atoms. The molecule has 3 atom stereocenters. The highest BCUT2D eigenvalue weighted by molar-refractivity contribution is 5.72. The van der Waals surface area contributed by atoms with Gasteiger partial charge in [-0.2, -0.15) is 0 Å². The number of hydrogen-bond acceptors (Lipinski definition) is 13. The van der Waals surface area contributed by atoms with Crippen LogP contribution in [0.1, 0.15) is 247 Å². The van der Waals surface area contributed by atoms with E-state index in [2.05, 4.69) is 69.1 Å². The van der Waals surface area contributed by atoms with Gasteiger partial charge in [-0.3, -0.25) is 19.2 Å². The summed E-state index contributed by atoms with van der Waals surface area (Å²) in [6.45, 7) is 15.3. The van der Waals surface area contributed by atoms with Gasteiger partial charge in [0.05, 0.1) is 24.9 Å². The normalized spacial score (nSPS) is 14.1. The van der Waals surface area contributed by atoms with E-state index in [1.807, 2.05) is 0 Å². The van der Waals surface area contributed by atoms with Crippen LogP contribution in [0.5, 0.6) is 0 Å². The second-order valence-corrected chi connectivity index (χ2v) is 20.6. The topological polar surface area (TPSA) is 165 Å². The van der Waals surface area contributed by atoms with Gasteiger partial charge in [-0.1, -0.05) is 136 Å². The molecular formula is C61H110N2O12. The first-order valence-corrected chi connectivity index (χ1v) is 30.5. The lowest BCUT2D eigenvalue weighted by atomic mass is 9.95. The molecule has 1 fully saturated rings. The highest BCUT2D eigenvalue weighted by atomic mass is 16.7. The molecule has 1 aliphatic rings. The highest BCUT2D eigenvalue weighted by Crippen LogP contribution is 2.20. The Labute approximate surface area is 456 Å². The lowest BCUT2D eigenvalue weighted by Crippen LogP contribution is -2.35. The van der Waals surface area contributed by atoms with Crippen LogP contribution in [-0.4, -0.2) is 113 Å². The number of unbranched alkanes of at least 4 members (excludes halogenated alkanes) is 15. The molecule has 1 aliphatic heterocycles. The van der Waals surface area contributed by atoms with E-state index in [0.717, 1.165) is 161 Å². The van der Waals surface area contributed by atoms with Crippen LogP contribution in [0.4, 0.5) is 4.79 Å². The average molecular weight is 1060 g/mol. The summed E-state index contributed by atoms with van der Waals surface area (Å²) < 4.78 is 40.8. The first kappa shape index (κ1) is 69.5. The zero-order chi connectivity index (χ0) is 54.7. The van der Waals surface area contributed by atoms with Gasteiger partial charge in [0.1, 0.15) is 25.9 Å². The molecule has 14 heteroatoms. The molecule has 0 aliphatic carbocycles. The summed E-state index contributed by atoms with van der Waals surface area (Å²) in [5.74, 6) is -1.93. The van der Waals surface area contributed by atoms with Crippen molar-refractivity contribution in [3.05, 3.63) is 24.3 Å². The molecule has 1 rings (SSSR count). The fourth-order valence-corrected chi connectivity index (χ4v) is 8.87. The first-order chi connectivity index (χ1) is 36.6. The molecule has 3 unspecified atom stereocenters. The molecule has 0 aromatic carbocycles. The van der Waals surface area contributed by atoms with E-state index < -0.39 is 36.3 Å². The number of likely N-dealkylation sites (tertiary alicyclic amines) is 1. The van der Waals surface area contributed by atoms with Gasteiger partial charge in [0.2, 0.25) is 0 Å². The lowest BCUT2D eigenvalue weighted by Gasteiger charge is -2.20. The van der Waals surface area contributed by atoms with Crippen LogP contribution >= 0.6 is 0 Å². The average Bonchev–Trinajstić information content (AvgIpc) is 3.93. The zero-order valence-corrected chi connectivity index (χ0v) is 48.4. The minimum Gasteiger partial charge on any atom is -0.465 e. The fourth-order valence-electron chi connectivity index (χ4n) is 8.87. The standard InChI is InChI=1S/C61H110N2O12/c1-6-11-16-20-24-32-47-69-59(70-48-33-25-21-17-12-7-2)42-41-58(66)74-52-53(50-72-56(64)38-29-23-22-26-34-49-71-60(67)54(35-15-10-5)36-27-18-13-8-3)51-73-57(65)40-39-55(37-28-19-14-9-4)75-61(68)62-43-46-63-44-30-31-45-63/h11-12,16-17,53-55,59H,6-10,13-15,18-52H2,1-5H3,(H,62,68)/b16-11-,17-12-. The third kappa shape index (κ3) is 43.2. The van der Waals surface area contributed by atoms with Crippen LogP contribution in [0, 0.1) is 11.8 Å². The number of nitrogens with one attached hydrogen (secondary N) is 1. The Balaban J connectivity index is 2.79. The summed E-state index contributed by atoms with van der Waals surface area (Å²) in [5, 5.41) is 2.88. The summed E-state index contributed by atoms with van der Waals surface area (Å²) >= 11 is 0. The molecule has 0 aromatic heterocycles. The predicted octanol–water partition coefficient (Wildman–Crippen LogP) is 14.2. The first-order valence-electron chi connectivity index (χ1n) is 30.5. The summed E-state index contributed by atoms with van der Waals surface area (Å²) in [6.07, 6.45) is 35.8. The number of allylic oxidation sites excluding steroid dienone is 4. The smallest absolute Gasteiger partial charge is 0.407 e. The minimum absolute atomic E-state index is 0.00196. The number of esters is 4. The SMILES string of the molecule is CC/C=C\CCCCOC(CCC(=O)OCC(COC(=O)CCCCCCCOC(=O)C(CCCC)CCCCCC)COC(=O)CCC(CCCCCC)OC(=O)NCCN1CCCC1)OCCCC/C=C\CC. The molecule has 0 spiro atoms. The number of amides is 1. The number of ether oxygens (including phenoxy) is 7. The molecule has 0 bridgehead atoms. The van der Waals surface area contributed by atoms with Crippen molar-refractivity contribution in [2.45, 2.75) is 259 Å². The molecule has 436 valence electrons. The van der Waals surface area contributed by atoms with Crippen molar-refractivity contribution in [2.24, 2.45) is 11.8 Å². The van der Waals surface area contributed by atoms with Crippen molar-refractivity contribution in [1.82, 2.24) is 10.2 Å².